The second kappa shape index (κ2) is 8.27. The molecule has 10 heteroatoms. The lowest BCUT2D eigenvalue weighted by atomic mass is 9.79. The number of aliphatic carboxylic acids is 1. The first-order valence-corrected chi connectivity index (χ1v) is 12.4. The average Bonchev–Trinajstić information content (AvgIpc) is 3.41. The van der Waals surface area contributed by atoms with Crippen LogP contribution in [-0.2, 0) is 29.6 Å². The van der Waals surface area contributed by atoms with Crippen molar-refractivity contribution in [2.45, 2.75) is 43.3 Å². The maximum Gasteiger partial charge on any atom is 0.243 e. The predicted molar refractivity (Wildman–Crippen MR) is 122 cm³/mol. The lowest BCUT2D eigenvalue weighted by Crippen LogP contribution is -2.64. The van der Waals surface area contributed by atoms with Gasteiger partial charge in [0.1, 0.15) is 12.4 Å². The molecule has 172 valence electrons. The van der Waals surface area contributed by atoms with Gasteiger partial charge in [0.15, 0.2) is 4.34 Å². The number of carbonyl (C=O) groups excluding carboxylic acids is 2. The number of amides is 1. The van der Waals surface area contributed by atoms with E-state index in [1.807, 2.05) is 43.3 Å². The van der Waals surface area contributed by atoms with E-state index in [1.165, 1.54) is 33.6 Å². The molecule has 0 spiro atoms. The van der Waals surface area contributed by atoms with Gasteiger partial charge in [0.05, 0.1) is 53.5 Å². The number of thiazole rings is 1. The molecule has 0 bridgehead atoms. The number of hydrogen-bond donors (Lipinski definition) is 1. The van der Waals surface area contributed by atoms with Gasteiger partial charge in [0.2, 0.25) is 12.2 Å². The monoisotopic (exact) mass is 484 g/mol. The summed E-state index contributed by atoms with van der Waals surface area (Å²) in [5, 5.41) is 21.9. The highest BCUT2D eigenvalue weighted by Gasteiger charge is 2.58. The summed E-state index contributed by atoms with van der Waals surface area (Å²) in [7, 11) is 1.99. The standard InChI is InChI=1S/C23H24N4O4S2/c1-12-18-17(13(2)28)21(29)27(18)19(22(30)31)20(12)33-23-24-15-10-14(4-5-16(15)32-23)6-7-26-9-8-25(3)11-26/h4-5,8-13,17-18,28H,6-7H2,1-3H3/t12-,13-,17-,18-/m1/s1. The van der Waals surface area contributed by atoms with Gasteiger partial charge in [-0.05, 0) is 24.6 Å². The van der Waals surface area contributed by atoms with Crippen molar-refractivity contribution in [1.82, 2.24) is 14.5 Å². The number of carboxylic acids is 1. The van der Waals surface area contributed by atoms with Crippen LogP contribution >= 0.6 is 23.1 Å². The topological polar surface area (TPSA) is 102 Å². The van der Waals surface area contributed by atoms with E-state index < -0.39 is 18.0 Å². The van der Waals surface area contributed by atoms with Crippen LogP contribution in [0.25, 0.3) is 10.2 Å². The fourth-order valence-electron chi connectivity index (χ4n) is 4.78. The summed E-state index contributed by atoms with van der Waals surface area (Å²) >= 11 is 2.79. The lowest BCUT2D eigenvalue weighted by molar-refractivity contribution is -0.671. The van der Waals surface area contributed by atoms with Crippen LogP contribution in [0.15, 0.2) is 51.9 Å². The summed E-state index contributed by atoms with van der Waals surface area (Å²) in [5.74, 6) is -2.54. The molecule has 1 aromatic carbocycles. The number of carbonyl (C=O) groups is 2. The van der Waals surface area contributed by atoms with Crippen molar-refractivity contribution in [3.63, 3.8) is 0 Å². The first-order chi connectivity index (χ1) is 15.7. The van der Waals surface area contributed by atoms with Crippen LogP contribution in [0.5, 0.6) is 0 Å². The van der Waals surface area contributed by atoms with Crippen LogP contribution < -0.4 is 9.67 Å². The third kappa shape index (κ3) is 3.75. The zero-order valence-corrected chi connectivity index (χ0v) is 20.1. The van der Waals surface area contributed by atoms with Crippen molar-refractivity contribution in [2.75, 3.05) is 0 Å². The number of thioether (sulfide) groups is 1. The van der Waals surface area contributed by atoms with Gasteiger partial charge in [-0.15, -0.1) is 11.3 Å². The number of imidazole rings is 1. The summed E-state index contributed by atoms with van der Waals surface area (Å²) in [5.41, 5.74) is 1.97. The van der Waals surface area contributed by atoms with Crippen molar-refractivity contribution < 1.29 is 24.4 Å². The molecule has 0 radical (unpaired) electrons. The van der Waals surface area contributed by atoms with E-state index >= 15 is 0 Å². The van der Waals surface area contributed by atoms with E-state index in [4.69, 9.17) is 4.98 Å². The highest BCUT2D eigenvalue weighted by molar-refractivity contribution is 8.04. The predicted octanol–water partition coefficient (Wildman–Crippen LogP) is 1.08. The number of β-lactam (4-membered cyclic amide) rings is 1. The number of aryl methyl sites for hydroxylation is 3. The molecule has 4 heterocycles. The van der Waals surface area contributed by atoms with E-state index in [1.54, 1.807) is 6.92 Å². The SMILES string of the molecule is C[C@@H](O)[C@H]1C(=O)N2C(C(=O)[O-])=C(Sc3nc4cc(CCn5cc[n+](C)c5)ccc4s3)[C@H](C)[C@H]12. The molecule has 2 aliphatic heterocycles. The van der Waals surface area contributed by atoms with Crippen LogP contribution in [0.4, 0.5) is 0 Å². The smallest absolute Gasteiger partial charge is 0.243 e. The van der Waals surface area contributed by atoms with Crippen LogP contribution in [0, 0.1) is 11.8 Å². The van der Waals surface area contributed by atoms with E-state index in [0.717, 1.165) is 27.5 Å². The number of aliphatic hydroxyl groups is 1. The zero-order valence-electron chi connectivity index (χ0n) is 18.5. The van der Waals surface area contributed by atoms with Crippen LogP contribution in [0.3, 0.4) is 0 Å². The maximum absolute atomic E-state index is 12.5. The van der Waals surface area contributed by atoms with Crippen molar-refractivity contribution in [3.05, 3.63) is 53.1 Å². The number of aromatic nitrogens is 3. The molecule has 2 aliphatic rings. The van der Waals surface area contributed by atoms with Gasteiger partial charge in [-0.1, -0.05) is 24.8 Å². The molecule has 1 amide bonds. The summed E-state index contributed by atoms with van der Waals surface area (Å²) in [6.45, 7) is 4.33. The van der Waals surface area contributed by atoms with Gasteiger partial charge >= 0.3 is 0 Å². The Morgan fingerprint density at radius 2 is 2.21 bits per heavy atom. The van der Waals surface area contributed by atoms with E-state index in [0.29, 0.717) is 4.91 Å². The Hall–Kier alpha value is -2.69. The van der Waals surface area contributed by atoms with Gasteiger partial charge in [-0.2, -0.15) is 0 Å². The molecule has 2 aromatic heterocycles. The first-order valence-electron chi connectivity index (χ1n) is 10.8. The summed E-state index contributed by atoms with van der Waals surface area (Å²) < 4.78 is 5.89. The fourth-order valence-corrected chi connectivity index (χ4v) is 7.10. The molecule has 1 N–H and O–H groups in total. The van der Waals surface area contributed by atoms with Gasteiger partial charge in [-0.3, -0.25) is 4.79 Å². The molecule has 0 saturated carbocycles. The van der Waals surface area contributed by atoms with Gasteiger partial charge in [-0.25, -0.2) is 14.1 Å². The molecule has 0 unspecified atom stereocenters. The molecular formula is C23H24N4O4S2. The number of fused-ring (bicyclic) bond motifs is 2. The van der Waals surface area contributed by atoms with Gasteiger partial charge < -0.3 is 19.9 Å². The van der Waals surface area contributed by atoms with Crippen molar-refractivity contribution in [1.29, 1.82) is 0 Å². The largest absolute Gasteiger partial charge is 0.543 e. The molecule has 0 aliphatic carbocycles. The molecule has 8 nitrogen and oxygen atoms in total. The number of hydrogen-bond acceptors (Lipinski definition) is 7. The van der Waals surface area contributed by atoms with Gasteiger partial charge in [0.25, 0.3) is 0 Å². The van der Waals surface area contributed by atoms with Crippen LogP contribution in [-0.4, -0.2) is 43.6 Å². The van der Waals surface area contributed by atoms with Crippen molar-refractivity contribution in [2.24, 2.45) is 18.9 Å². The van der Waals surface area contributed by atoms with Gasteiger partial charge in [0, 0.05) is 17.2 Å². The average molecular weight is 485 g/mol. The lowest BCUT2D eigenvalue weighted by Gasteiger charge is -2.47. The fraction of sp³-hybridized carbons (Fsp3) is 0.391. The third-order valence-electron chi connectivity index (χ3n) is 6.41. The highest BCUT2D eigenvalue weighted by Crippen LogP contribution is 2.52. The highest BCUT2D eigenvalue weighted by atomic mass is 32.2. The minimum atomic E-state index is -1.37. The molecule has 1 fully saturated rings. The number of aliphatic hydroxyl groups excluding tert-OH is 1. The molecule has 33 heavy (non-hydrogen) atoms. The molecule has 4 atom stereocenters. The van der Waals surface area contributed by atoms with Crippen LogP contribution in [0.1, 0.15) is 19.4 Å². The minimum Gasteiger partial charge on any atom is -0.543 e. The number of carboxylic acid groups (broad SMARTS) is 1. The first kappa shape index (κ1) is 22.1. The summed E-state index contributed by atoms with van der Waals surface area (Å²) in [4.78, 5) is 31.0. The van der Waals surface area contributed by atoms with E-state index in [2.05, 4.69) is 16.7 Å². The minimum absolute atomic E-state index is 0.0840. The zero-order chi connectivity index (χ0) is 23.4. The normalized spacial score (nSPS) is 23.2. The van der Waals surface area contributed by atoms with E-state index in [9.17, 15) is 19.8 Å². The quantitative estimate of drug-likeness (QED) is 0.398. The Morgan fingerprint density at radius 1 is 1.42 bits per heavy atom. The third-order valence-corrected chi connectivity index (χ3v) is 8.80. The second-order valence-electron chi connectivity index (χ2n) is 8.71. The molecule has 1 saturated heterocycles. The van der Waals surface area contributed by atoms with Crippen molar-refractivity contribution >= 4 is 45.2 Å². The summed E-state index contributed by atoms with van der Waals surface area (Å²) in [6.07, 6.45) is 6.13. The Balaban J connectivity index is 1.38. The number of rotatable bonds is 7. The summed E-state index contributed by atoms with van der Waals surface area (Å²) in [6, 6.07) is 5.87. The number of benzene rings is 1. The van der Waals surface area contributed by atoms with Crippen LogP contribution in [0.2, 0.25) is 0 Å². The maximum atomic E-state index is 12.5. The molecule has 5 rings (SSSR count). The molecular weight excluding hydrogens is 460 g/mol. The Kier molecular flexibility index (Phi) is 5.54. The Morgan fingerprint density at radius 3 is 2.88 bits per heavy atom. The Bertz CT molecular complexity index is 1290. The Labute approximate surface area is 199 Å². The number of nitrogens with zero attached hydrogens (tertiary/aromatic N) is 4. The molecule has 3 aromatic rings. The second-order valence-corrected chi connectivity index (χ2v) is 11.0. The van der Waals surface area contributed by atoms with E-state index in [-0.39, 0.29) is 23.6 Å². The van der Waals surface area contributed by atoms with Crippen molar-refractivity contribution in [3.8, 4) is 0 Å².